The van der Waals surface area contributed by atoms with Gasteiger partial charge in [0.05, 0.1) is 21.7 Å². The third kappa shape index (κ3) is 5.76. The van der Waals surface area contributed by atoms with Gasteiger partial charge in [-0.15, -0.1) is 0 Å². The average Bonchev–Trinajstić information content (AvgIpc) is 2.95. The first-order valence-corrected chi connectivity index (χ1v) is 10.1. The van der Waals surface area contributed by atoms with Gasteiger partial charge < -0.3 is 5.32 Å². The molecule has 1 aliphatic rings. The number of non-ortho nitro benzene ring substituents is 1. The minimum Gasteiger partial charge on any atom is -0.323 e. The standard InChI is InChI=1S/C21H25ClN4O3/c1-16(21(27)23-20-9-8-18(26(28)29)14-19(20)22)25-11-5-10-24(12-13-25)15-17-6-3-2-4-7-17/h2-4,6-9,14,16H,5,10-13,15H2,1H3,(H,23,27). The Morgan fingerprint density at radius 1 is 1.17 bits per heavy atom. The number of rotatable bonds is 6. The van der Waals surface area contributed by atoms with Gasteiger partial charge in [0.1, 0.15) is 0 Å². The fraction of sp³-hybridized carbons (Fsp3) is 0.381. The monoisotopic (exact) mass is 416 g/mol. The van der Waals surface area contributed by atoms with E-state index in [1.165, 1.54) is 23.8 Å². The zero-order valence-corrected chi connectivity index (χ0v) is 17.1. The van der Waals surface area contributed by atoms with Crippen LogP contribution in [0.1, 0.15) is 18.9 Å². The number of hydrogen-bond donors (Lipinski definition) is 1. The number of nitro groups is 1. The molecule has 2 aromatic carbocycles. The van der Waals surface area contributed by atoms with Gasteiger partial charge >= 0.3 is 0 Å². The Balaban J connectivity index is 1.56. The highest BCUT2D eigenvalue weighted by Gasteiger charge is 2.25. The minimum atomic E-state index is -0.515. The number of carbonyl (C=O) groups is 1. The molecule has 154 valence electrons. The zero-order valence-electron chi connectivity index (χ0n) is 16.4. The van der Waals surface area contributed by atoms with Crippen LogP contribution in [0.3, 0.4) is 0 Å². The fourth-order valence-corrected chi connectivity index (χ4v) is 3.72. The van der Waals surface area contributed by atoms with Crippen molar-refractivity contribution < 1.29 is 9.72 Å². The number of carbonyl (C=O) groups excluding carboxylic acids is 1. The molecule has 0 spiro atoms. The van der Waals surface area contributed by atoms with Gasteiger partial charge in [-0.25, -0.2) is 0 Å². The van der Waals surface area contributed by atoms with Crippen molar-refractivity contribution in [3.63, 3.8) is 0 Å². The number of benzene rings is 2. The molecule has 8 heteroatoms. The van der Waals surface area contributed by atoms with Crippen LogP contribution in [-0.4, -0.2) is 52.9 Å². The van der Waals surface area contributed by atoms with E-state index >= 15 is 0 Å². The van der Waals surface area contributed by atoms with Crippen molar-refractivity contribution in [1.82, 2.24) is 9.80 Å². The SMILES string of the molecule is CC(C(=O)Nc1ccc([N+](=O)[O-])cc1Cl)N1CCCN(Cc2ccccc2)CC1. The first kappa shape index (κ1) is 21.2. The normalized spacial score (nSPS) is 16.8. The number of nitrogens with zero attached hydrogens (tertiary/aromatic N) is 3. The summed E-state index contributed by atoms with van der Waals surface area (Å²) in [5.41, 5.74) is 1.57. The Bertz CT molecular complexity index is 862. The molecule has 1 saturated heterocycles. The van der Waals surface area contributed by atoms with Crippen molar-refractivity contribution in [2.24, 2.45) is 0 Å². The summed E-state index contributed by atoms with van der Waals surface area (Å²) in [6.45, 7) is 6.32. The molecule has 1 N–H and O–H groups in total. The predicted octanol–water partition coefficient (Wildman–Crippen LogP) is 3.78. The van der Waals surface area contributed by atoms with Gasteiger partial charge in [0, 0.05) is 38.3 Å². The van der Waals surface area contributed by atoms with E-state index in [0.717, 1.165) is 39.1 Å². The molecule has 0 radical (unpaired) electrons. The second kappa shape index (κ2) is 9.82. The molecular formula is C21H25ClN4O3. The molecule has 29 heavy (non-hydrogen) atoms. The van der Waals surface area contributed by atoms with E-state index in [2.05, 4.69) is 39.4 Å². The van der Waals surface area contributed by atoms with Crippen molar-refractivity contribution in [3.8, 4) is 0 Å². The Labute approximate surface area is 175 Å². The molecule has 1 amide bonds. The lowest BCUT2D eigenvalue weighted by Gasteiger charge is -2.27. The average molecular weight is 417 g/mol. The van der Waals surface area contributed by atoms with Crippen LogP contribution in [-0.2, 0) is 11.3 Å². The summed E-state index contributed by atoms with van der Waals surface area (Å²) in [4.78, 5) is 27.6. The zero-order chi connectivity index (χ0) is 20.8. The molecule has 1 fully saturated rings. The topological polar surface area (TPSA) is 78.7 Å². The summed E-state index contributed by atoms with van der Waals surface area (Å²) < 4.78 is 0. The summed E-state index contributed by atoms with van der Waals surface area (Å²) in [5, 5.41) is 13.8. The number of halogens is 1. The quantitative estimate of drug-likeness (QED) is 0.572. The van der Waals surface area contributed by atoms with Crippen LogP contribution in [0.15, 0.2) is 48.5 Å². The van der Waals surface area contributed by atoms with E-state index in [1.54, 1.807) is 0 Å². The fourth-order valence-electron chi connectivity index (χ4n) is 3.50. The second-order valence-electron chi connectivity index (χ2n) is 7.24. The van der Waals surface area contributed by atoms with E-state index in [-0.39, 0.29) is 22.7 Å². The van der Waals surface area contributed by atoms with Crippen LogP contribution in [0.2, 0.25) is 5.02 Å². The number of nitro benzene ring substituents is 1. The second-order valence-corrected chi connectivity index (χ2v) is 7.64. The van der Waals surface area contributed by atoms with Crippen LogP contribution >= 0.6 is 11.6 Å². The number of nitrogens with one attached hydrogen (secondary N) is 1. The van der Waals surface area contributed by atoms with Crippen LogP contribution in [0.25, 0.3) is 0 Å². The van der Waals surface area contributed by atoms with E-state index in [0.29, 0.717) is 5.69 Å². The van der Waals surface area contributed by atoms with E-state index in [4.69, 9.17) is 11.6 Å². The van der Waals surface area contributed by atoms with Crippen LogP contribution in [0, 0.1) is 10.1 Å². The van der Waals surface area contributed by atoms with Gasteiger partial charge in [-0.05, 0) is 31.5 Å². The molecule has 2 aromatic rings. The van der Waals surface area contributed by atoms with Gasteiger partial charge in [-0.2, -0.15) is 0 Å². The Hall–Kier alpha value is -2.48. The summed E-state index contributed by atoms with van der Waals surface area (Å²) in [7, 11) is 0. The predicted molar refractivity (Wildman–Crippen MR) is 114 cm³/mol. The summed E-state index contributed by atoms with van der Waals surface area (Å²) in [6, 6.07) is 14.1. The lowest BCUT2D eigenvalue weighted by Crippen LogP contribution is -2.43. The lowest BCUT2D eigenvalue weighted by molar-refractivity contribution is -0.384. The number of hydrogen-bond acceptors (Lipinski definition) is 5. The maximum absolute atomic E-state index is 12.7. The molecule has 0 aliphatic carbocycles. The molecule has 1 unspecified atom stereocenters. The molecule has 1 atom stereocenters. The van der Waals surface area contributed by atoms with Crippen LogP contribution < -0.4 is 5.32 Å². The van der Waals surface area contributed by atoms with Gasteiger partial charge in [0.15, 0.2) is 0 Å². The number of anilines is 1. The van der Waals surface area contributed by atoms with E-state index < -0.39 is 4.92 Å². The van der Waals surface area contributed by atoms with Gasteiger partial charge in [-0.3, -0.25) is 24.7 Å². The van der Waals surface area contributed by atoms with Crippen molar-refractivity contribution in [1.29, 1.82) is 0 Å². The highest BCUT2D eigenvalue weighted by atomic mass is 35.5. The summed E-state index contributed by atoms with van der Waals surface area (Å²) in [6.07, 6.45) is 0.989. The van der Waals surface area contributed by atoms with E-state index in [1.807, 2.05) is 13.0 Å². The van der Waals surface area contributed by atoms with Crippen molar-refractivity contribution in [3.05, 3.63) is 69.2 Å². The van der Waals surface area contributed by atoms with Gasteiger partial charge in [-0.1, -0.05) is 41.9 Å². The number of amides is 1. The first-order valence-electron chi connectivity index (χ1n) is 9.69. The van der Waals surface area contributed by atoms with Gasteiger partial charge in [0.2, 0.25) is 5.91 Å². The van der Waals surface area contributed by atoms with Crippen LogP contribution in [0.4, 0.5) is 11.4 Å². The molecule has 0 aromatic heterocycles. The highest BCUT2D eigenvalue weighted by Crippen LogP contribution is 2.27. The maximum atomic E-state index is 12.7. The maximum Gasteiger partial charge on any atom is 0.271 e. The smallest absolute Gasteiger partial charge is 0.271 e. The van der Waals surface area contributed by atoms with E-state index in [9.17, 15) is 14.9 Å². The third-order valence-electron chi connectivity index (χ3n) is 5.22. The molecule has 3 rings (SSSR count). The Kier molecular flexibility index (Phi) is 7.19. The lowest BCUT2D eigenvalue weighted by atomic mass is 10.2. The van der Waals surface area contributed by atoms with Gasteiger partial charge in [0.25, 0.3) is 5.69 Å². The van der Waals surface area contributed by atoms with Crippen molar-refractivity contribution >= 4 is 28.9 Å². The largest absolute Gasteiger partial charge is 0.323 e. The summed E-state index contributed by atoms with van der Waals surface area (Å²) >= 11 is 6.09. The van der Waals surface area contributed by atoms with Crippen LogP contribution in [0.5, 0.6) is 0 Å². The third-order valence-corrected chi connectivity index (χ3v) is 5.53. The minimum absolute atomic E-state index is 0.105. The summed E-state index contributed by atoms with van der Waals surface area (Å²) in [5.74, 6) is -0.169. The first-order chi connectivity index (χ1) is 13.9. The molecule has 7 nitrogen and oxygen atoms in total. The Morgan fingerprint density at radius 3 is 2.62 bits per heavy atom. The molecular weight excluding hydrogens is 392 g/mol. The Morgan fingerprint density at radius 2 is 1.93 bits per heavy atom. The molecule has 0 saturated carbocycles. The molecule has 0 bridgehead atoms. The molecule has 1 heterocycles. The van der Waals surface area contributed by atoms with Crippen molar-refractivity contribution in [2.45, 2.75) is 25.9 Å². The van der Waals surface area contributed by atoms with Crippen molar-refractivity contribution in [2.75, 3.05) is 31.5 Å². The highest BCUT2D eigenvalue weighted by molar-refractivity contribution is 6.34. The molecule has 1 aliphatic heterocycles.